The summed E-state index contributed by atoms with van der Waals surface area (Å²) >= 11 is 0. The SMILES string of the molecule is CCCCOc1ccc(S(=O)(=O)NCCNc2cc(Nc3ccccn3)ncn2)cc1. The molecule has 0 aliphatic carbocycles. The number of hydrogen-bond acceptors (Lipinski definition) is 8. The van der Waals surface area contributed by atoms with E-state index in [2.05, 4.69) is 37.2 Å². The van der Waals surface area contributed by atoms with Gasteiger partial charge in [-0.3, -0.25) is 0 Å². The number of benzene rings is 1. The number of aromatic nitrogens is 3. The number of ether oxygens (including phenoxy) is 1. The number of anilines is 3. The zero-order valence-corrected chi connectivity index (χ0v) is 18.1. The molecule has 0 aliphatic heterocycles. The van der Waals surface area contributed by atoms with E-state index in [1.807, 2.05) is 18.2 Å². The lowest BCUT2D eigenvalue weighted by Gasteiger charge is -2.10. The number of sulfonamides is 1. The van der Waals surface area contributed by atoms with Gasteiger partial charge in [0.25, 0.3) is 0 Å². The van der Waals surface area contributed by atoms with Gasteiger partial charge in [0.1, 0.15) is 29.5 Å². The molecule has 3 N–H and O–H groups in total. The molecular weight excluding hydrogens is 416 g/mol. The number of hydrogen-bond donors (Lipinski definition) is 3. The Labute approximate surface area is 182 Å². The predicted octanol–water partition coefficient (Wildman–Crippen LogP) is 3.18. The quantitative estimate of drug-likeness (QED) is 0.366. The molecule has 0 saturated heterocycles. The van der Waals surface area contributed by atoms with Crippen LogP contribution in [0.2, 0.25) is 0 Å². The van der Waals surface area contributed by atoms with Crippen LogP contribution in [0.1, 0.15) is 19.8 Å². The normalized spacial score (nSPS) is 11.1. The molecule has 2 aromatic heterocycles. The van der Waals surface area contributed by atoms with Gasteiger partial charge in [-0.2, -0.15) is 0 Å². The summed E-state index contributed by atoms with van der Waals surface area (Å²) in [5.41, 5.74) is 0. The molecule has 0 saturated carbocycles. The van der Waals surface area contributed by atoms with Gasteiger partial charge in [0.15, 0.2) is 0 Å². The number of rotatable bonds is 12. The van der Waals surface area contributed by atoms with Crippen LogP contribution in [0.3, 0.4) is 0 Å². The first-order valence-electron chi connectivity index (χ1n) is 10.0. The maximum absolute atomic E-state index is 12.5. The van der Waals surface area contributed by atoms with Crippen LogP contribution in [-0.4, -0.2) is 43.1 Å². The second-order valence-electron chi connectivity index (χ2n) is 6.63. The molecule has 3 rings (SSSR count). The van der Waals surface area contributed by atoms with Crippen molar-refractivity contribution in [2.45, 2.75) is 24.7 Å². The van der Waals surface area contributed by atoms with Gasteiger partial charge in [0, 0.05) is 25.4 Å². The third-order valence-corrected chi connectivity index (χ3v) is 5.69. The Morgan fingerprint density at radius 3 is 2.48 bits per heavy atom. The van der Waals surface area contributed by atoms with E-state index in [1.54, 1.807) is 24.4 Å². The lowest BCUT2D eigenvalue weighted by molar-refractivity contribution is 0.309. The summed E-state index contributed by atoms with van der Waals surface area (Å²) < 4.78 is 33.0. The fourth-order valence-electron chi connectivity index (χ4n) is 2.60. The Hall–Kier alpha value is -3.24. The lowest BCUT2D eigenvalue weighted by Crippen LogP contribution is -2.29. The second-order valence-corrected chi connectivity index (χ2v) is 8.39. The Bertz CT molecular complexity index is 1050. The molecule has 0 aliphatic rings. The molecular formula is C21H26N6O3S. The molecule has 0 radical (unpaired) electrons. The molecule has 164 valence electrons. The Morgan fingerprint density at radius 1 is 0.935 bits per heavy atom. The van der Waals surface area contributed by atoms with Crippen LogP contribution in [-0.2, 0) is 10.0 Å². The highest BCUT2D eigenvalue weighted by Gasteiger charge is 2.13. The van der Waals surface area contributed by atoms with Gasteiger partial charge in [0.05, 0.1) is 11.5 Å². The molecule has 0 atom stereocenters. The van der Waals surface area contributed by atoms with Crippen LogP contribution < -0.4 is 20.1 Å². The summed E-state index contributed by atoms with van der Waals surface area (Å²) in [6.07, 6.45) is 5.10. The minimum absolute atomic E-state index is 0.194. The number of nitrogens with zero attached hydrogens (tertiary/aromatic N) is 3. The first kappa shape index (κ1) is 22.4. The highest BCUT2D eigenvalue weighted by molar-refractivity contribution is 7.89. The summed E-state index contributed by atoms with van der Waals surface area (Å²) in [5.74, 6) is 2.48. The third-order valence-electron chi connectivity index (χ3n) is 4.21. The van der Waals surface area contributed by atoms with E-state index >= 15 is 0 Å². The van der Waals surface area contributed by atoms with Gasteiger partial charge in [-0.1, -0.05) is 19.4 Å². The van der Waals surface area contributed by atoms with Gasteiger partial charge in [0.2, 0.25) is 10.0 Å². The van der Waals surface area contributed by atoms with Crippen molar-refractivity contribution in [3.8, 4) is 5.75 Å². The third kappa shape index (κ3) is 7.19. The predicted molar refractivity (Wildman–Crippen MR) is 120 cm³/mol. The van der Waals surface area contributed by atoms with Crippen molar-refractivity contribution in [3.05, 3.63) is 61.1 Å². The van der Waals surface area contributed by atoms with Crippen molar-refractivity contribution in [1.82, 2.24) is 19.7 Å². The van der Waals surface area contributed by atoms with Crippen LogP contribution >= 0.6 is 0 Å². The lowest BCUT2D eigenvalue weighted by atomic mass is 10.3. The van der Waals surface area contributed by atoms with Crippen LogP contribution in [0.5, 0.6) is 5.75 Å². The minimum Gasteiger partial charge on any atom is -0.494 e. The fraction of sp³-hybridized carbons (Fsp3) is 0.286. The Balaban J connectivity index is 1.47. The average molecular weight is 443 g/mol. The van der Waals surface area contributed by atoms with E-state index in [0.29, 0.717) is 36.4 Å². The average Bonchev–Trinajstić information content (AvgIpc) is 2.78. The molecule has 9 nitrogen and oxygen atoms in total. The maximum Gasteiger partial charge on any atom is 0.240 e. The van der Waals surface area contributed by atoms with Crippen molar-refractivity contribution < 1.29 is 13.2 Å². The van der Waals surface area contributed by atoms with Crippen molar-refractivity contribution in [1.29, 1.82) is 0 Å². The molecule has 1 aromatic carbocycles. The van der Waals surface area contributed by atoms with Gasteiger partial charge in [-0.25, -0.2) is 28.1 Å². The molecule has 0 spiro atoms. The molecule has 0 bridgehead atoms. The van der Waals surface area contributed by atoms with Crippen LogP contribution in [0.25, 0.3) is 0 Å². The molecule has 10 heteroatoms. The number of nitrogens with one attached hydrogen (secondary N) is 3. The summed E-state index contributed by atoms with van der Waals surface area (Å²) in [5, 5.41) is 6.15. The molecule has 0 unspecified atom stereocenters. The highest BCUT2D eigenvalue weighted by Crippen LogP contribution is 2.16. The van der Waals surface area contributed by atoms with Crippen molar-refractivity contribution in [3.63, 3.8) is 0 Å². The standard InChI is InChI=1S/C21H26N6O3S/c1-2-3-14-30-17-7-9-18(10-8-17)31(28,29)26-13-12-23-20-15-21(25-16-24-20)27-19-6-4-5-11-22-19/h4-11,15-16,26H,2-3,12-14H2,1H3,(H2,22,23,24,25,27). The summed E-state index contributed by atoms with van der Waals surface area (Å²) in [6, 6.07) is 13.7. The fourth-order valence-corrected chi connectivity index (χ4v) is 3.63. The van der Waals surface area contributed by atoms with E-state index in [4.69, 9.17) is 4.74 Å². The van der Waals surface area contributed by atoms with E-state index in [1.165, 1.54) is 18.5 Å². The van der Waals surface area contributed by atoms with Gasteiger partial charge < -0.3 is 15.4 Å². The van der Waals surface area contributed by atoms with Crippen molar-refractivity contribution in [2.24, 2.45) is 0 Å². The van der Waals surface area contributed by atoms with E-state index in [0.717, 1.165) is 12.8 Å². The summed E-state index contributed by atoms with van der Waals surface area (Å²) in [4.78, 5) is 12.7. The van der Waals surface area contributed by atoms with Gasteiger partial charge in [-0.05, 0) is 42.8 Å². The van der Waals surface area contributed by atoms with E-state index in [-0.39, 0.29) is 11.4 Å². The maximum atomic E-state index is 12.5. The topological polar surface area (TPSA) is 118 Å². The highest BCUT2D eigenvalue weighted by atomic mass is 32.2. The summed E-state index contributed by atoms with van der Waals surface area (Å²) in [7, 11) is -3.60. The van der Waals surface area contributed by atoms with Crippen LogP contribution in [0, 0.1) is 0 Å². The van der Waals surface area contributed by atoms with Crippen molar-refractivity contribution >= 4 is 27.5 Å². The van der Waals surface area contributed by atoms with E-state index < -0.39 is 10.0 Å². The number of unbranched alkanes of at least 4 members (excludes halogenated alkanes) is 1. The smallest absolute Gasteiger partial charge is 0.240 e. The van der Waals surface area contributed by atoms with Gasteiger partial charge in [-0.15, -0.1) is 0 Å². The molecule has 2 heterocycles. The van der Waals surface area contributed by atoms with Gasteiger partial charge >= 0.3 is 0 Å². The minimum atomic E-state index is -3.60. The van der Waals surface area contributed by atoms with Crippen LogP contribution in [0.4, 0.5) is 17.5 Å². The molecule has 31 heavy (non-hydrogen) atoms. The van der Waals surface area contributed by atoms with Crippen molar-refractivity contribution in [2.75, 3.05) is 30.3 Å². The first-order valence-corrected chi connectivity index (χ1v) is 11.5. The Morgan fingerprint density at radius 2 is 1.74 bits per heavy atom. The molecule has 0 amide bonds. The number of pyridine rings is 1. The van der Waals surface area contributed by atoms with Crippen LogP contribution in [0.15, 0.2) is 66.0 Å². The zero-order chi connectivity index (χ0) is 21.9. The first-order chi connectivity index (χ1) is 15.1. The molecule has 0 fully saturated rings. The monoisotopic (exact) mass is 442 g/mol. The molecule has 3 aromatic rings. The zero-order valence-electron chi connectivity index (χ0n) is 17.3. The second kappa shape index (κ2) is 11.2. The summed E-state index contributed by atoms with van der Waals surface area (Å²) in [6.45, 7) is 3.26. The Kier molecular flexibility index (Phi) is 8.13. The largest absolute Gasteiger partial charge is 0.494 e. The van der Waals surface area contributed by atoms with E-state index in [9.17, 15) is 8.42 Å².